The zero-order chi connectivity index (χ0) is 20.6. The number of aliphatic carboxylic acids is 1. The maximum Gasteiger partial charge on any atom is 0.422 e. The van der Waals surface area contributed by atoms with Crippen LogP contribution in [0.5, 0.6) is 5.75 Å². The van der Waals surface area contributed by atoms with Crippen molar-refractivity contribution in [3.63, 3.8) is 0 Å². The summed E-state index contributed by atoms with van der Waals surface area (Å²) in [4.78, 5) is 34.4. The van der Waals surface area contributed by atoms with E-state index in [0.717, 1.165) is 31.7 Å². The van der Waals surface area contributed by atoms with Crippen LogP contribution >= 0.6 is 34.8 Å². The molecule has 0 aliphatic rings. The molecule has 1 rings (SSSR count). The van der Waals surface area contributed by atoms with Crippen molar-refractivity contribution in [2.75, 3.05) is 6.61 Å². The van der Waals surface area contributed by atoms with Crippen LogP contribution in [0.1, 0.15) is 56.3 Å². The second kappa shape index (κ2) is 11.4. The number of carboxylic acid groups (broad SMARTS) is 1. The van der Waals surface area contributed by atoms with Gasteiger partial charge >= 0.3 is 17.9 Å². The summed E-state index contributed by atoms with van der Waals surface area (Å²) in [6, 6.07) is 1.14. The van der Waals surface area contributed by atoms with E-state index >= 15 is 0 Å². The third kappa shape index (κ3) is 7.20. The fourth-order valence-electron chi connectivity index (χ4n) is 2.36. The molecule has 1 aromatic rings. The summed E-state index contributed by atoms with van der Waals surface area (Å²) in [6.45, 7) is 4.39. The Kier molecular flexibility index (Phi) is 9.91. The highest BCUT2D eigenvalue weighted by atomic mass is 35.5. The first kappa shape index (κ1) is 23.5. The van der Waals surface area contributed by atoms with Gasteiger partial charge < -0.3 is 14.6 Å². The number of esters is 2. The fourth-order valence-corrected chi connectivity index (χ4v) is 3.08. The van der Waals surface area contributed by atoms with Crippen LogP contribution in [0.4, 0.5) is 0 Å². The Morgan fingerprint density at radius 1 is 1.11 bits per heavy atom. The topological polar surface area (TPSA) is 89.9 Å². The first-order valence-corrected chi connectivity index (χ1v) is 9.62. The predicted octanol–water partition coefficient (Wildman–Crippen LogP) is 5.40. The van der Waals surface area contributed by atoms with Crippen LogP contribution in [0, 0.1) is 5.92 Å². The van der Waals surface area contributed by atoms with Gasteiger partial charge in [-0.2, -0.15) is 0 Å². The highest BCUT2D eigenvalue weighted by Crippen LogP contribution is 2.39. The molecular formula is C18H21Cl3O6. The van der Waals surface area contributed by atoms with Gasteiger partial charge in [-0.1, -0.05) is 67.9 Å². The van der Waals surface area contributed by atoms with E-state index in [1.807, 2.05) is 0 Å². The van der Waals surface area contributed by atoms with Crippen molar-refractivity contribution in [3.05, 3.63) is 26.7 Å². The number of carbonyl (C=O) groups excluding carboxylic acids is 2. The molecule has 0 aromatic heterocycles. The average molecular weight is 440 g/mol. The summed E-state index contributed by atoms with van der Waals surface area (Å²) < 4.78 is 9.85. The zero-order valence-corrected chi connectivity index (χ0v) is 17.3. The SMILES string of the molecule is CCCCC(C)CCCOC(=O)c1c(Cl)c(Cl)cc(Cl)c1OC(=O)C(=O)O. The van der Waals surface area contributed by atoms with Gasteiger partial charge in [0, 0.05) is 0 Å². The molecule has 0 saturated carbocycles. The van der Waals surface area contributed by atoms with E-state index in [1.165, 1.54) is 0 Å². The largest absolute Gasteiger partial charge is 0.473 e. The van der Waals surface area contributed by atoms with E-state index in [0.29, 0.717) is 12.3 Å². The molecule has 0 bridgehead atoms. The second-order valence-corrected chi connectivity index (χ2v) is 7.27. The predicted molar refractivity (Wildman–Crippen MR) is 103 cm³/mol. The van der Waals surface area contributed by atoms with E-state index in [2.05, 4.69) is 18.6 Å². The number of carbonyl (C=O) groups is 3. The van der Waals surface area contributed by atoms with E-state index in [9.17, 15) is 14.4 Å². The Balaban J connectivity index is 2.85. The summed E-state index contributed by atoms with van der Waals surface area (Å²) in [5.74, 6) is -4.36. The lowest BCUT2D eigenvalue weighted by Gasteiger charge is -2.14. The molecule has 1 N–H and O–H groups in total. The lowest BCUT2D eigenvalue weighted by molar-refractivity contribution is -0.158. The van der Waals surface area contributed by atoms with Crippen LogP contribution in [0.2, 0.25) is 15.1 Å². The first-order valence-electron chi connectivity index (χ1n) is 8.48. The van der Waals surface area contributed by atoms with Crippen LogP contribution in [0.15, 0.2) is 6.07 Å². The zero-order valence-electron chi connectivity index (χ0n) is 15.0. The van der Waals surface area contributed by atoms with Crippen molar-refractivity contribution >= 4 is 52.7 Å². The maximum absolute atomic E-state index is 12.4. The molecule has 0 fully saturated rings. The number of ether oxygens (including phenoxy) is 2. The monoisotopic (exact) mass is 438 g/mol. The van der Waals surface area contributed by atoms with E-state index < -0.39 is 23.7 Å². The molecule has 27 heavy (non-hydrogen) atoms. The number of hydrogen-bond acceptors (Lipinski definition) is 5. The molecule has 0 spiro atoms. The third-order valence-corrected chi connectivity index (χ3v) is 4.89. The smallest absolute Gasteiger partial charge is 0.422 e. The van der Waals surface area contributed by atoms with Crippen molar-refractivity contribution in [1.82, 2.24) is 0 Å². The van der Waals surface area contributed by atoms with Crippen LogP contribution in [-0.2, 0) is 14.3 Å². The maximum atomic E-state index is 12.4. The Morgan fingerprint density at radius 3 is 2.33 bits per heavy atom. The molecule has 150 valence electrons. The van der Waals surface area contributed by atoms with Crippen molar-refractivity contribution in [1.29, 1.82) is 0 Å². The van der Waals surface area contributed by atoms with E-state index in [-0.39, 0.29) is 27.2 Å². The molecular weight excluding hydrogens is 419 g/mol. The number of hydrogen-bond donors (Lipinski definition) is 1. The number of benzene rings is 1. The number of unbranched alkanes of at least 4 members (excludes halogenated alkanes) is 1. The minimum Gasteiger partial charge on any atom is -0.473 e. The minimum atomic E-state index is -1.85. The van der Waals surface area contributed by atoms with Crippen molar-refractivity contribution in [2.24, 2.45) is 5.92 Å². The molecule has 0 saturated heterocycles. The standard InChI is InChI=1S/C18H21Cl3O6/c1-3-4-6-10(2)7-5-8-26-17(24)13-14(21)11(19)9-12(20)15(13)27-18(25)16(22)23/h9-10H,3-8H2,1-2H3,(H,22,23). The quantitative estimate of drug-likeness (QED) is 0.182. The highest BCUT2D eigenvalue weighted by Gasteiger charge is 2.27. The molecule has 1 unspecified atom stereocenters. The number of rotatable bonds is 9. The average Bonchev–Trinajstić information content (AvgIpc) is 2.61. The third-order valence-electron chi connectivity index (χ3n) is 3.82. The van der Waals surface area contributed by atoms with Crippen LogP contribution in [0.3, 0.4) is 0 Å². The molecule has 0 radical (unpaired) electrons. The molecule has 9 heteroatoms. The molecule has 6 nitrogen and oxygen atoms in total. The summed E-state index contributed by atoms with van der Waals surface area (Å²) >= 11 is 17.9. The second-order valence-electron chi connectivity index (χ2n) is 6.08. The van der Waals surface area contributed by atoms with Gasteiger partial charge in [0.25, 0.3) is 0 Å². The number of halogens is 3. The van der Waals surface area contributed by atoms with Gasteiger partial charge in [0.15, 0.2) is 5.75 Å². The van der Waals surface area contributed by atoms with Gasteiger partial charge in [-0.25, -0.2) is 14.4 Å². The first-order chi connectivity index (χ1) is 12.7. The van der Waals surface area contributed by atoms with Gasteiger partial charge in [0.05, 0.1) is 21.7 Å². The number of carboxylic acids is 1. The van der Waals surface area contributed by atoms with Gasteiger partial charge in [-0.15, -0.1) is 0 Å². The van der Waals surface area contributed by atoms with Crippen molar-refractivity contribution in [2.45, 2.75) is 46.0 Å². The molecule has 1 atom stereocenters. The summed E-state index contributed by atoms with van der Waals surface area (Å²) in [6.07, 6.45) is 4.92. The van der Waals surface area contributed by atoms with Gasteiger partial charge in [-0.3, -0.25) is 0 Å². The molecule has 0 amide bonds. The summed E-state index contributed by atoms with van der Waals surface area (Å²) in [5, 5.41) is 8.15. The van der Waals surface area contributed by atoms with E-state index in [4.69, 9.17) is 44.6 Å². The molecule has 1 aromatic carbocycles. The Bertz CT molecular complexity index is 705. The fraction of sp³-hybridized carbons (Fsp3) is 0.500. The van der Waals surface area contributed by atoms with Gasteiger partial charge in [0.1, 0.15) is 5.56 Å². The van der Waals surface area contributed by atoms with E-state index in [1.54, 1.807) is 0 Å². The molecule has 0 aliphatic carbocycles. The Morgan fingerprint density at radius 2 is 1.74 bits per heavy atom. The highest BCUT2D eigenvalue weighted by molar-refractivity contribution is 6.46. The van der Waals surface area contributed by atoms with Crippen LogP contribution in [-0.4, -0.2) is 29.6 Å². The van der Waals surface area contributed by atoms with Crippen molar-refractivity contribution in [3.8, 4) is 5.75 Å². The van der Waals surface area contributed by atoms with Crippen molar-refractivity contribution < 1.29 is 29.0 Å². The Labute approximate surface area is 172 Å². The van der Waals surface area contributed by atoms with Crippen LogP contribution in [0.25, 0.3) is 0 Å². The molecule has 0 aliphatic heterocycles. The van der Waals surface area contributed by atoms with Gasteiger partial charge in [-0.05, 0) is 24.8 Å². The Hall–Kier alpha value is -1.50. The lowest BCUT2D eigenvalue weighted by Crippen LogP contribution is -2.21. The molecule has 0 heterocycles. The lowest BCUT2D eigenvalue weighted by atomic mass is 9.99. The van der Waals surface area contributed by atoms with Gasteiger partial charge in [0.2, 0.25) is 0 Å². The normalized spacial score (nSPS) is 11.7. The minimum absolute atomic E-state index is 0.0584. The summed E-state index contributed by atoms with van der Waals surface area (Å²) in [7, 11) is 0. The van der Waals surface area contributed by atoms with Crippen LogP contribution < -0.4 is 4.74 Å². The summed E-state index contributed by atoms with van der Waals surface area (Å²) in [5.41, 5.74) is -0.386.